The first-order valence-corrected chi connectivity index (χ1v) is 4.65. The quantitative estimate of drug-likeness (QED) is 0.743. The van der Waals surface area contributed by atoms with Crippen LogP contribution in [0.1, 0.15) is 18.9 Å². The van der Waals surface area contributed by atoms with Crippen molar-refractivity contribution in [3.05, 3.63) is 42.5 Å². The molecule has 0 radical (unpaired) electrons. The van der Waals surface area contributed by atoms with Crippen LogP contribution in [-0.2, 0) is 10.2 Å². The molecule has 0 aliphatic rings. The predicted octanol–water partition coefficient (Wildman–Crippen LogP) is 2.31. The molecule has 0 bridgehead atoms. The normalized spacial score (nSPS) is 14.2. The maximum atomic E-state index is 11.2. The Balaban J connectivity index is 3.27. The highest BCUT2D eigenvalue weighted by molar-refractivity contribution is 5.82. The number of phenolic OH excluding ortho intramolecular Hbond substituents is 1. The van der Waals surface area contributed by atoms with Gasteiger partial charge in [0.25, 0.3) is 0 Å². The van der Waals surface area contributed by atoms with E-state index in [1.807, 2.05) is 0 Å². The van der Waals surface area contributed by atoms with Crippen LogP contribution in [0.3, 0.4) is 0 Å². The maximum Gasteiger partial charge on any atom is 0.314 e. The van der Waals surface area contributed by atoms with Gasteiger partial charge in [-0.15, -0.1) is 6.58 Å². The molecule has 0 fully saturated rings. The third kappa shape index (κ3) is 2.01. The van der Waals surface area contributed by atoms with E-state index in [1.54, 1.807) is 31.2 Å². The van der Waals surface area contributed by atoms with E-state index in [1.165, 1.54) is 6.07 Å². The molecule has 0 amide bonds. The van der Waals surface area contributed by atoms with Crippen molar-refractivity contribution in [2.45, 2.75) is 18.8 Å². The van der Waals surface area contributed by atoms with Gasteiger partial charge in [0.15, 0.2) is 0 Å². The standard InChI is InChI=1S/C12H14O3/c1-3-8-12(2,11(14)15)9-6-4-5-7-10(9)13/h3-7,13H,1,8H2,2H3,(H,14,15). The van der Waals surface area contributed by atoms with Gasteiger partial charge in [-0.3, -0.25) is 4.79 Å². The first kappa shape index (κ1) is 11.3. The van der Waals surface area contributed by atoms with Gasteiger partial charge >= 0.3 is 5.97 Å². The minimum atomic E-state index is -1.12. The number of phenols is 1. The van der Waals surface area contributed by atoms with Crippen LogP contribution in [0, 0.1) is 0 Å². The molecule has 3 heteroatoms. The van der Waals surface area contributed by atoms with Crippen LogP contribution in [0.25, 0.3) is 0 Å². The lowest BCUT2D eigenvalue weighted by Gasteiger charge is -2.24. The summed E-state index contributed by atoms with van der Waals surface area (Å²) < 4.78 is 0. The Labute approximate surface area is 88.7 Å². The fourth-order valence-corrected chi connectivity index (χ4v) is 1.54. The topological polar surface area (TPSA) is 57.5 Å². The molecular weight excluding hydrogens is 192 g/mol. The molecule has 2 N–H and O–H groups in total. The van der Waals surface area contributed by atoms with Gasteiger partial charge in [-0.25, -0.2) is 0 Å². The molecular formula is C12H14O3. The lowest BCUT2D eigenvalue weighted by molar-refractivity contribution is -0.143. The zero-order valence-corrected chi connectivity index (χ0v) is 8.60. The van der Waals surface area contributed by atoms with Gasteiger partial charge in [-0.05, 0) is 19.4 Å². The van der Waals surface area contributed by atoms with Crippen LogP contribution < -0.4 is 0 Å². The van der Waals surface area contributed by atoms with E-state index in [4.69, 9.17) is 0 Å². The number of allylic oxidation sites excluding steroid dienone is 1. The molecule has 0 spiro atoms. The molecule has 80 valence electrons. The summed E-state index contributed by atoms with van der Waals surface area (Å²) in [6, 6.07) is 6.47. The number of benzene rings is 1. The first-order chi connectivity index (χ1) is 7.02. The Morgan fingerprint density at radius 1 is 1.53 bits per heavy atom. The number of carboxylic acids is 1. The number of aromatic hydroxyl groups is 1. The molecule has 1 unspecified atom stereocenters. The second-order valence-electron chi connectivity index (χ2n) is 3.65. The summed E-state index contributed by atoms with van der Waals surface area (Å²) in [6.07, 6.45) is 1.82. The highest BCUT2D eigenvalue weighted by Gasteiger charge is 2.35. The van der Waals surface area contributed by atoms with Crippen molar-refractivity contribution in [3.8, 4) is 5.75 Å². The fraction of sp³-hybridized carbons (Fsp3) is 0.250. The van der Waals surface area contributed by atoms with Crippen LogP contribution in [0.2, 0.25) is 0 Å². The predicted molar refractivity (Wildman–Crippen MR) is 57.9 cm³/mol. The lowest BCUT2D eigenvalue weighted by atomic mass is 9.79. The van der Waals surface area contributed by atoms with Gasteiger partial charge in [0.2, 0.25) is 0 Å². The van der Waals surface area contributed by atoms with Gasteiger partial charge in [-0.1, -0.05) is 24.3 Å². The molecule has 0 saturated heterocycles. The summed E-state index contributed by atoms with van der Waals surface area (Å²) in [7, 11) is 0. The van der Waals surface area contributed by atoms with E-state index in [0.29, 0.717) is 5.56 Å². The number of hydrogen-bond acceptors (Lipinski definition) is 2. The van der Waals surface area contributed by atoms with Crippen molar-refractivity contribution in [1.82, 2.24) is 0 Å². The number of para-hydroxylation sites is 1. The molecule has 0 saturated carbocycles. The largest absolute Gasteiger partial charge is 0.508 e. The highest BCUT2D eigenvalue weighted by atomic mass is 16.4. The third-order valence-corrected chi connectivity index (χ3v) is 2.52. The van der Waals surface area contributed by atoms with Crippen molar-refractivity contribution < 1.29 is 15.0 Å². The van der Waals surface area contributed by atoms with Gasteiger partial charge in [-0.2, -0.15) is 0 Å². The summed E-state index contributed by atoms with van der Waals surface area (Å²) in [5.74, 6) is -0.965. The Morgan fingerprint density at radius 3 is 2.60 bits per heavy atom. The van der Waals surface area contributed by atoms with Crippen molar-refractivity contribution in [2.24, 2.45) is 0 Å². The van der Waals surface area contributed by atoms with E-state index in [9.17, 15) is 15.0 Å². The molecule has 1 aromatic rings. The minimum absolute atomic E-state index is 0.00394. The average Bonchev–Trinajstić information content (AvgIpc) is 2.18. The van der Waals surface area contributed by atoms with Gasteiger partial charge in [0.1, 0.15) is 5.75 Å². The van der Waals surface area contributed by atoms with E-state index in [2.05, 4.69) is 6.58 Å². The second-order valence-corrected chi connectivity index (χ2v) is 3.65. The summed E-state index contributed by atoms with van der Waals surface area (Å²) >= 11 is 0. The molecule has 0 heterocycles. The Morgan fingerprint density at radius 2 is 2.13 bits per heavy atom. The van der Waals surface area contributed by atoms with Crippen LogP contribution in [-0.4, -0.2) is 16.2 Å². The van der Waals surface area contributed by atoms with Gasteiger partial charge < -0.3 is 10.2 Å². The van der Waals surface area contributed by atoms with E-state index < -0.39 is 11.4 Å². The van der Waals surface area contributed by atoms with Crippen molar-refractivity contribution in [2.75, 3.05) is 0 Å². The monoisotopic (exact) mass is 206 g/mol. The maximum absolute atomic E-state index is 11.2. The number of carboxylic acid groups (broad SMARTS) is 1. The molecule has 1 aromatic carbocycles. The van der Waals surface area contributed by atoms with Crippen LogP contribution in [0.15, 0.2) is 36.9 Å². The SMILES string of the molecule is C=CCC(C)(C(=O)O)c1ccccc1O. The minimum Gasteiger partial charge on any atom is -0.508 e. The zero-order valence-electron chi connectivity index (χ0n) is 8.60. The first-order valence-electron chi connectivity index (χ1n) is 4.65. The van der Waals surface area contributed by atoms with Gasteiger partial charge in [0.05, 0.1) is 5.41 Å². The number of hydrogen-bond donors (Lipinski definition) is 2. The Kier molecular flexibility index (Phi) is 3.14. The number of rotatable bonds is 4. The van der Waals surface area contributed by atoms with E-state index in [0.717, 1.165) is 0 Å². The van der Waals surface area contributed by atoms with Crippen LogP contribution in [0.4, 0.5) is 0 Å². The number of aliphatic carboxylic acids is 1. The molecule has 1 atom stereocenters. The Bertz CT molecular complexity index is 384. The number of carbonyl (C=O) groups is 1. The fourth-order valence-electron chi connectivity index (χ4n) is 1.54. The molecule has 0 aromatic heterocycles. The van der Waals surface area contributed by atoms with Crippen LogP contribution >= 0.6 is 0 Å². The smallest absolute Gasteiger partial charge is 0.314 e. The zero-order chi connectivity index (χ0) is 11.5. The highest BCUT2D eigenvalue weighted by Crippen LogP contribution is 2.34. The lowest BCUT2D eigenvalue weighted by Crippen LogP contribution is -2.31. The summed E-state index contributed by atoms with van der Waals surface area (Å²) in [5, 5.41) is 18.8. The molecule has 15 heavy (non-hydrogen) atoms. The summed E-state index contributed by atoms with van der Waals surface area (Å²) in [5.41, 5.74) is -0.704. The third-order valence-electron chi connectivity index (χ3n) is 2.52. The average molecular weight is 206 g/mol. The van der Waals surface area contributed by atoms with E-state index in [-0.39, 0.29) is 12.2 Å². The van der Waals surface area contributed by atoms with Crippen LogP contribution in [0.5, 0.6) is 5.75 Å². The van der Waals surface area contributed by atoms with Gasteiger partial charge in [0, 0.05) is 5.56 Å². The molecule has 1 rings (SSSR count). The summed E-state index contributed by atoms with van der Waals surface area (Å²) in [6.45, 7) is 5.11. The van der Waals surface area contributed by atoms with Crippen molar-refractivity contribution >= 4 is 5.97 Å². The Hall–Kier alpha value is -1.77. The summed E-state index contributed by atoms with van der Waals surface area (Å²) in [4.78, 5) is 11.2. The molecule has 0 aliphatic carbocycles. The molecule has 0 aliphatic heterocycles. The van der Waals surface area contributed by atoms with E-state index >= 15 is 0 Å². The van der Waals surface area contributed by atoms with Crippen molar-refractivity contribution in [1.29, 1.82) is 0 Å². The molecule has 3 nitrogen and oxygen atoms in total. The second kappa shape index (κ2) is 4.17. The van der Waals surface area contributed by atoms with Crippen molar-refractivity contribution in [3.63, 3.8) is 0 Å².